The molecular formula is C16H20Cl2N2O4. The zero-order chi connectivity index (χ0) is 18.1. The van der Waals surface area contributed by atoms with Crippen molar-refractivity contribution >= 4 is 41.0 Å². The largest absolute Gasteiger partial charge is 0.455 e. The van der Waals surface area contributed by atoms with E-state index in [1.807, 2.05) is 6.92 Å². The van der Waals surface area contributed by atoms with Gasteiger partial charge in [0.25, 0.3) is 5.91 Å². The SMILES string of the molecule is CCCNC(=O)[C@H](C)NC(=O)COC(=O)Cc1c(Cl)cccc1Cl. The number of amides is 2. The average Bonchev–Trinajstić information content (AvgIpc) is 2.54. The number of ether oxygens (including phenoxy) is 1. The van der Waals surface area contributed by atoms with Crippen LogP contribution in [0.5, 0.6) is 0 Å². The van der Waals surface area contributed by atoms with Crippen LogP contribution in [0.15, 0.2) is 18.2 Å². The van der Waals surface area contributed by atoms with Crippen LogP contribution in [0.25, 0.3) is 0 Å². The zero-order valence-corrected chi connectivity index (χ0v) is 15.0. The highest BCUT2D eigenvalue weighted by atomic mass is 35.5. The molecular weight excluding hydrogens is 355 g/mol. The molecule has 0 aliphatic rings. The lowest BCUT2D eigenvalue weighted by atomic mass is 10.1. The van der Waals surface area contributed by atoms with Crippen LogP contribution in [0.4, 0.5) is 0 Å². The minimum Gasteiger partial charge on any atom is -0.455 e. The van der Waals surface area contributed by atoms with Crippen molar-refractivity contribution in [3.8, 4) is 0 Å². The fourth-order valence-electron chi connectivity index (χ4n) is 1.79. The van der Waals surface area contributed by atoms with Crippen molar-refractivity contribution in [3.63, 3.8) is 0 Å². The molecule has 0 bridgehead atoms. The van der Waals surface area contributed by atoms with Gasteiger partial charge in [-0.15, -0.1) is 0 Å². The molecule has 1 aromatic rings. The zero-order valence-electron chi connectivity index (χ0n) is 13.5. The second-order valence-corrected chi connectivity index (χ2v) is 5.93. The molecule has 1 rings (SSSR count). The predicted molar refractivity (Wildman–Crippen MR) is 92.0 cm³/mol. The third-order valence-electron chi connectivity index (χ3n) is 3.07. The van der Waals surface area contributed by atoms with Gasteiger partial charge in [0.1, 0.15) is 6.04 Å². The van der Waals surface area contributed by atoms with Crippen LogP contribution < -0.4 is 10.6 Å². The van der Waals surface area contributed by atoms with Crippen LogP contribution in [-0.4, -0.2) is 37.0 Å². The van der Waals surface area contributed by atoms with Gasteiger partial charge in [0.2, 0.25) is 5.91 Å². The molecule has 0 unspecified atom stereocenters. The highest BCUT2D eigenvalue weighted by molar-refractivity contribution is 6.36. The molecule has 0 fully saturated rings. The Balaban J connectivity index is 2.41. The van der Waals surface area contributed by atoms with E-state index in [1.165, 1.54) is 0 Å². The van der Waals surface area contributed by atoms with E-state index in [9.17, 15) is 14.4 Å². The minimum absolute atomic E-state index is 0.141. The van der Waals surface area contributed by atoms with Gasteiger partial charge in [0, 0.05) is 22.2 Å². The van der Waals surface area contributed by atoms with Crippen molar-refractivity contribution in [2.24, 2.45) is 0 Å². The Morgan fingerprint density at radius 2 is 1.83 bits per heavy atom. The molecule has 0 aromatic heterocycles. The van der Waals surface area contributed by atoms with E-state index < -0.39 is 24.5 Å². The van der Waals surface area contributed by atoms with Crippen LogP contribution >= 0.6 is 23.2 Å². The molecule has 0 radical (unpaired) electrons. The summed E-state index contributed by atoms with van der Waals surface area (Å²) in [6.45, 7) is 3.53. The Labute approximate surface area is 150 Å². The van der Waals surface area contributed by atoms with Crippen molar-refractivity contribution in [1.29, 1.82) is 0 Å². The Morgan fingerprint density at radius 3 is 2.42 bits per heavy atom. The van der Waals surface area contributed by atoms with Crippen LogP contribution in [0.3, 0.4) is 0 Å². The number of nitrogens with one attached hydrogen (secondary N) is 2. The standard InChI is InChI=1S/C16H20Cl2N2O4/c1-3-7-19-16(23)10(2)20-14(21)9-24-15(22)8-11-12(17)5-4-6-13(11)18/h4-6,10H,3,7-9H2,1-2H3,(H,19,23)(H,20,21)/t10-/m0/s1. The second kappa shape index (κ2) is 10.2. The summed E-state index contributed by atoms with van der Waals surface area (Å²) in [6.07, 6.45) is 0.660. The van der Waals surface area contributed by atoms with E-state index in [4.69, 9.17) is 27.9 Å². The Kier molecular flexibility index (Phi) is 8.57. The first-order valence-corrected chi connectivity index (χ1v) is 8.26. The number of esters is 1. The maximum absolute atomic E-state index is 11.8. The number of benzene rings is 1. The maximum Gasteiger partial charge on any atom is 0.310 e. The van der Waals surface area contributed by atoms with Crippen LogP contribution in [0, 0.1) is 0 Å². The van der Waals surface area contributed by atoms with E-state index in [0.29, 0.717) is 22.2 Å². The molecule has 1 aromatic carbocycles. The molecule has 8 heteroatoms. The molecule has 6 nitrogen and oxygen atoms in total. The summed E-state index contributed by atoms with van der Waals surface area (Å²) in [5.41, 5.74) is 0.443. The number of hydrogen-bond acceptors (Lipinski definition) is 4. The van der Waals surface area contributed by atoms with Gasteiger partial charge in [-0.05, 0) is 25.5 Å². The monoisotopic (exact) mass is 374 g/mol. The summed E-state index contributed by atoms with van der Waals surface area (Å²) < 4.78 is 4.88. The molecule has 0 aliphatic carbocycles. The summed E-state index contributed by atoms with van der Waals surface area (Å²) in [4.78, 5) is 35.1. The van der Waals surface area contributed by atoms with Crippen LogP contribution in [0.1, 0.15) is 25.8 Å². The average molecular weight is 375 g/mol. The summed E-state index contributed by atoms with van der Waals surface area (Å²) in [5, 5.41) is 5.81. The Hall–Kier alpha value is -1.79. The summed E-state index contributed by atoms with van der Waals surface area (Å²) in [7, 11) is 0. The van der Waals surface area contributed by atoms with E-state index >= 15 is 0 Å². The van der Waals surface area contributed by atoms with Gasteiger partial charge >= 0.3 is 5.97 Å². The van der Waals surface area contributed by atoms with Gasteiger partial charge in [-0.1, -0.05) is 36.2 Å². The molecule has 0 aliphatic heterocycles. The quantitative estimate of drug-likeness (QED) is 0.682. The third kappa shape index (κ3) is 6.76. The van der Waals surface area contributed by atoms with Gasteiger partial charge in [0.15, 0.2) is 6.61 Å². The first-order valence-electron chi connectivity index (χ1n) is 7.50. The second-order valence-electron chi connectivity index (χ2n) is 5.12. The lowest BCUT2D eigenvalue weighted by Crippen LogP contribution is -2.46. The summed E-state index contributed by atoms with van der Waals surface area (Å²) in [6, 6.07) is 4.18. The van der Waals surface area contributed by atoms with Crippen LogP contribution in [-0.2, 0) is 25.5 Å². The first kappa shape index (κ1) is 20.3. The van der Waals surface area contributed by atoms with E-state index in [2.05, 4.69) is 10.6 Å². The van der Waals surface area contributed by atoms with Gasteiger partial charge in [-0.3, -0.25) is 14.4 Å². The van der Waals surface area contributed by atoms with E-state index in [1.54, 1.807) is 25.1 Å². The molecule has 1 atom stereocenters. The number of rotatable bonds is 8. The van der Waals surface area contributed by atoms with E-state index in [0.717, 1.165) is 6.42 Å². The molecule has 0 spiro atoms. The lowest BCUT2D eigenvalue weighted by molar-refractivity contribution is -0.148. The number of carbonyl (C=O) groups excluding carboxylic acids is 3. The third-order valence-corrected chi connectivity index (χ3v) is 3.78. The lowest BCUT2D eigenvalue weighted by Gasteiger charge is -2.14. The highest BCUT2D eigenvalue weighted by Gasteiger charge is 2.17. The predicted octanol–water partition coefficient (Wildman–Crippen LogP) is 2.11. The van der Waals surface area contributed by atoms with Crippen molar-refractivity contribution in [2.75, 3.05) is 13.2 Å². The summed E-state index contributed by atoms with van der Waals surface area (Å²) in [5.74, 6) is -1.49. The highest BCUT2D eigenvalue weighted by Crippen LogP contribution is 2.24. The molecule has 2 N–H and O–H groups in total. The van der Waals surface area contributed by atoms with Gasteiger partial charge in [0.05, 0.1) is 6.42 Å². The molecule has 2 amide bonds. The van der Waals surface area contributed by atoms with E-state index in [-0.39, 0.29) is 12.3 Å². The van der Waals surface area contributed by atoms with Crippen molar-refractivity contribution in [2.45, 2.75) is 32.7 Å². The molecule has 0 saturated carbocycles. The fourth-order valence-corrected chi connectivity index (χ4v) is 2.32. The van der Waals surface area contributed by atoms with Crippen molar-refractivity contribution in [3.05, 3.63) is 33.8 Å². The molecule has 0 saturated heterocycles. The smallest absolute Gasteiger partial charge is 0.310 e. The molecule has 132 valence electrons. The van der Waals surface area contributed by atoms with Gasteiger partial charge in [-0.2, -0.15) is 0 Å². The van der Waals surface area contributed by atoms with Crippen molar-refractivity contribution < 1.29 is 19.1 Å². The van der Waals surface area contributed by atoms with Crippen molar-refractivity contribution in [1.82, 2.24) is 10.6 Å². The number of halogens is 2. The Morgan fingerprint density at radius 1 is 1.21 bits per heavy atom. The first-order chi connectivity index (χ1) is 11.3. The number of carbonyl (C=O) groups is 3. The minimum atomic E-state index is -0.708. The maximum atomic E-state index is 11.8. The molecule has 24 heavy (non-hydrogen) atoms. The number of hydrogen-bond donors (Lipinski definition) is 2. The van der Waals surface area contributed by atoms with Gasteiger partial charge in [-0.25, -0.2) is 0 Å². The summed E-state index contributed by atoms with van der Waals surface area (Å²) >= 11 is 11.9. The fraction of sp³-hybridized carbons (Fsp3) is 0.438. The van der Waals surface area contributed by atoms with Crippen LogP contribution in [0.2, 0.25) is 10.0 Å². The topological polar surface area (TPSA) is 84.5 Å². The van der Waals surface area contributed by atoms with Gasteiger partial charge < -0.3 is 15.4 Å². The Bertz CT molecular complexity index is 587. The molecule has 0 heterocycles. The normalized spacial score (nSPS) is 11.5.